The summed E-state index contributed by atoms with van der Waals surface area (Å²) < 4.78 is 0. The molecule has 31 heteroatoms. The number of aldehydes is 1. The van der Waals surface area contributed by atoms with Crippen molar-refractivity contribution in [1.82, 2.24) is 53.4 Å². The number of hydrazine groups is 1. The van der Waals surface area contributed by atoms with Crippen molar-refractivity contribution < 1.29 is 58.5 Å². The van der Waals surface area contributed by atoms with Crippen LogP contribution in [0.5, 0.6) is 17.2 Å². The minimum atomic E-state index is -1.20. The Labute approximate surface area is 594 Å². The molecule has 5 aromatic carbocycles. The molecule has 102 heavy (non-hydrogen) atoms. The Balaban J connectivity index is 0.000000449. The van der Waals surface area contributed by atoms with Crippen molar-refractivity contribution in [2.75, 3.05) is 26.2 Å². The first-order valence-corrected chi connectivity index (χ1v) is 33.8. The molecule has 0 fully saturated rings. The van der Waals surface area contributed by atoms with Crippen molar-refractivity contribution in [3.8, 4) is 17.2 Å². The molecule has 0 aliphatic rings. The van der Waals surface area contributed by atoms with E-state index in [0.29, 0.717) is 74.6 Å². The highest BCUT2D eigenvalue weighted by atomic mass is 16.3. The largest absolute Gasteiger partial charge is 0.508 e. The number of hydrogen-bond acceptors (Lipinski definition) is 19. The molecule has 0 saturated carbocycles. The van der Waals surface area contributed by atoms with Gasteiger partial charge in [-0.15, -0.1) is 0 Å². The summed E-state index contributed by atoms with van der Waals surface area (Å²) in [6, 6.07) is 24.3. The number of phenols is 3. The SMILES string of the molecule is Cc1cc(O)cc(C)c1C[C@H](NN[C@H](C=O)Cc1ccc(O)cc1)C(=O)N[C@H](CCCNC(=N)N)C(=O)N[C@@H](Cc1ccccc1)C(=O)N[C@@H](CCCCN)C(N)=O.N=C(N)NCCC[C@@H](NC(=O)[C@@H](N)Cc1ccc(O)cc1)C(=O)N[C@@H](Cc1ccccc1)C(=O)N[C@@H](CCCCN)C(N)=O. The maximum atomic E-state index is 14.3. The van der Waals surface area contributed by atoms with Gasteiger partial charge >= 0.3 is 0 Å². The van der Waals surface area contributed by atoms with Gasteiger partial charge in [-0.05, 0) is 186 Å². The summed E-state index contributed by atoms with van der Waals surface area (Å²) in [5.74, 6) is -5.51. The summed E-state index contributed by atoms with van der Waals surface area (Å²) in [6.45, 7) is 4.89. The van der Waals surface area contributed by atoms with E-state index in [1.807, 2.05) is 12.1 Å². The number of rotatable bonds is 44. The molecule has 5 rings (SSSR count). The van der Waals surface area contributed by atoms with E-state index < -0.39 is 102 Å². The third-order valence-corrected chi connectivity index (χ3v) is 16.4. The van der Waals surface area contributed by atoms with Gasteiger partial charge in [0.2, 0.25) is 47.3 Å². The van der Waals surface area contributed by atoms with Gasteiger partial charge in [-0.2, -0.15) is 0 Å². The van der Waals surface area contributed by atoms with E-state index in [4.69, 9.17) is 51.0 Å². The van der Waals surface area contributed by atoms with Crippen LogP contribution in [0.1, 0.15) is 103 Å². The number of guanidine groups is 2. The summed E-state index contributed by atoms with van der Waals surface area (Å²) in [6.07, 6.45) is 5.11. The smallest absolute Gasteiger partial charge is 0.243 e. The van der Waals surface area contributed by atoms with Crippen LogP contribution >= 0.6 is 0 Å². The fourth-order valence-electron chi connectivity index (χ4n) is 10.8. The van der Waals surface area contributed by atoms with Crippen molar-refractivity contribution in [2.24, 2.45) is 40.1 Å². The number of primary amides is 2. The third-order valence-electron chi connectivity index (χ3n) is 16.4. The van der Waals surface area contributed by atoms with Crippen LogP contribution in [0.3, 0.4) is 0 Å². The molecule has 0 radical (unpaired) electrons. The van der Waals surface area contributed by atoms with Gasteiger partial charge in [0.25, 0.3) is 0 Å². The highest BCUT2D eigenvalue weighted by Crippen LogP contribution is 2.23. The second-order valence-corrected chi connectivity index (χ2v) is 24.8. The normalized spacial score (nSPS) is 13.5. The van der Waals surface area contributed by atoms with Gasteiger partial charge in [-0.25, -0.2) is 10.9 Å². The maximum absolute atomic E-state index is 14.3. The Hall–Kier alpha value is -10.7. The first kappa shape index (κ1) is 83.7. The number of carbonyl (C=O) groups is 9. The number of aromatic hydroxyl groups is 3. The number of benzene rings is 5. The Morgan fingerprint density at radius 3 is 1.16 bits per heavy atom. The molecule has 0 aromatic heterocycles. The summed E-state index contributed by atoms with van der Waals surface area (Å²) in [5, 5.41) is 65.9. The number of unbranched alkanes of at least 4 members (excludes halogenated alkanes) is 2. The van der Waals surface area contributed by atoms with E-state index in [0.717, 1.165) is 22.3 Å². The van der Waals surface area contributed by atoms with Gasteiger partial charge in [0.15, 0.2) is 11.9 Å². The lowest BCUT2D eigenvalue weighted by Gasteiger charge is -2.27. The number of nitrogens with one attached hydrogen (secondary N) is 12. The van der Waals surface area contributed by atoms with E-state index in [2.05, 4.69) is 53.4 Å². The van der Waals surface area contributed by atoms with E-state index in [9.17, 15) is 58.5 Å². The molecular formula is C71H103N19O12. The van der Waals surface area contributed by atoms with Gasteiger partial charge in [-0.3, -0.25) is 49.2 Å². The molecule has 0 aliphatic heterocycles. The van der Waals surface area contributed by atoms with E-state index in [1.54, 1.807) is 98.8 Å². The number of phenolic OH excluding ortho intramolecular Hbond substituents is 3. The van der Waals surface area contributed by atoms with Crippen LogP contribution in [0.4, 0.5) is 0 Å². The molecular weight excluding hydrogens is 1310 g/mol. The Morgan fingerprint density at radius 2 is 0.765 bits per heavy atom. The lowest BCUT2D eigenvalue weighted by Crippen LogP contribution is -2.60. The van der Waals surface area contributed by atoms with Crippen LogP contribution in [0.2, 0.25) is 0 Å². The van der Waals surface area contributed by atoms with Crippen LogP contribution in [-0.2, 0) is 75.3 Å². The summed E-state index contributed by atoms with van der Waals surface area (Å²) >= 11 is 0. The van der Waals surface area contributed by atoms with Crippen LogP contribution in [-0.4, -0.2) is 161 Å². The Kier molecular flexibility index (Phi) is 37.0. The number of carbonyl (C=O) groups excluding carboxylic acids is 9. The van der Waals surface area contributed by atoms with Gasteiger partial charge in [-0.1, -0.05) is 84.9 Å². The van der Waals surface area contributed by atoms with Crippen LogP contribution in [0.15, 0.2) is 121 Å². The minimum absolute atomic E-state index is 0.0564. The van der Waals surface area contributed by atoms with Crippen LogP contribution < -0.4 is 93.5 Å². The zero-order valence-electron chi connectivity index (χ0n) is 57.8. The lowest BCUT2D eigenvalue weighted by atomic mass is 9.95. The number of hydrogen-bond donors (Lipinski definition) is 22. The van der Waals surface area contributed by atoms with E-state index in [1.165, 1.54) is 24.3 Å². The quantitative estimate of drug-likeness (QED) is 0.00727. The molecule has 9 atom stereocenters. The predicted octanol–water partition coefficient (Wildman–Crippen LogP) is -1.06. The number of aryl methyl sites for hydroxylation is 2. The summed E-state index contributed by atoms with van der Waals surface area (Å²) in [5.41, 5.74) is 50.3. The molecule has 0 bridgehead atoms. The van der Waals surface area contributed by atoms with Crippen molar-refractivity contribution in [3.63, 3.8) is 0 Å². The van der Waals surface area contributed by atoms with Crippen LogP contribution in [0.25, 0.3) is 0 Å². The minimum Gasteiger partial charge on any atom is -0.508 e. The fourth-order valence-corrected chi connectivity index (χ4v) is 10.8. The Morgan fingerprint density at radius 1 is 0.412 bits per heavy atom. The molecule has 8 amide bonds. The second-order valence-electron chi connectivity index (χ2n) is 24.8. The van der Waals surface area contributed by atoms with Crippen LogP contribution in [0, 0.1) is 24.7 Å². The van der Waals surface area contributed by atoms with Crippen molar-refractivity contribution >= 4 is 65.5 Å². The number of amides is 8. The first-order chi connectivity index (χ1) is 48.7. The second kappa shape index (κ2) is 45.1. The van der Waals surface area contributed by atoms with E-state index >= 15 is 0 Å². The number of nitrogens with two attached hydrogens (primary N) is 7. The fraction of sp³-hybridized carbons (Fsp3) is 0.423. The summed E-state index contributed by atoms with van der Waals surface area (Å²) in [4.78, 5) is 119. The van der Waals surface area contributed by atoms with Crippen molar-refractivity contribution in [3.05, 3.63) is 160 Å². The third kappa shape index (κ3) is 31.6. The molecule has 0 saturated heterocycles. The topological polar surface area (TPSA) is 564 Å². The van der Waals surface area contributed by atoms with Gasteiger partial charge in [0, 0.05) is 25.9 Å². The summed E-state index contributed by atoms with van der Waals surface area (Å²) in [7, 11) is 0. The van der Waals surface area contributed by atoms with Crippen molar-refractivity contribution in [1.29, 1.82) is 10.8 Å². The van der Waals surface area contributed by atoms with Gasteiger partial charge in [0.05, 0.1) is 12.1 Å². The molecule has 0 spiro atoms. The predicted molar refractivity (Wildman–Crippen MR) is 387 cm³/mol. The van der Waals surface area contributed by atoms with Crippen molar-refractivity contribution in [2.45, 2.75) is 165 Å². The standard InChI is InChI=1S/C41H58N10O7.C30H45N9O5/c1-25-19-31(54)20-26(2)32(25)23-36(51-50-29(24-52)21-28-13-15-30(53)16-14-28)40(58)48-34(12-8-18-46-41(44)45)38(56)49-35(22-27-9-4-3-5-10-27)39(57)47-33(37(43)55)11-6-7-17-42;31-15-5-4-9-23(26(33)41)37-29(44)25(18-19-7-2-1-3-8-19)39-28(43)24(10-6-16-36-30(34)35)38-27(42)22(32)17-20-11-13-21(40)14-12-20/h3-5,9-10,13-16,19-20,24,29,33-36,50-51,53-54H,6-8,11-12,17-18,21-23,42H2,1-2H3,(H2,43,55)(H,47,57)(H,48,58)(H,49,56)(H4,44,45,46);1-3,7-8,11-14,22-25,40H,4-6,9-10,15-18,31-32H2,(H2,33,41)(H,37,44)(H,38,42)(H,39,43)(H4,34,35,36)/t29-,33-,34+,35-,36-;22-,23-,24+,25-/m00/s1. The molecule has 0 heterocycles. The average molecular weight is 1410 g/mol. The zero-order valence-corrected chi connectivity index (χ0v) is 57.8. The maximum Gasteiger partial charge on any atom is 0.243 e. The van der Waals surface area contributed by atoms with Gasteiger partial charge < -0.3 is 103 Å². The monoisotopic (exact) mass is 1410 g/mol. The molecule has 554 valence electrons. The van der Waals surface area contributed by atoms with Gasteiger partial charge in [0.1, 0.15) is 65.8 Å². The molecule has 0 unspecified atom stereocenters. The lowest BCUT2D eigenvalue weighted by molar-refractivity contribution is -0.134. The highest BCUT2D eigenvalue weighted by Gasteiger charge is 2.34. The molecule has 5 aromatic rings. The molecule has 29 N–H and O–H groups in total. The highest BCUT2D eigenvalue weighted by molar-refractivity contribution is 5.96. The average Bonchev–Trinajstić information content (AvgIpc) is 0.840. The first-order valence-electron chi connectivity index (χ1n) is 33.8. The molecule has 0 aliphatic carbocycles. The zero-order chi connectivity index (χ0) is 75.1. The molecule has 31 nitrogen and oxygen atoms in total. The Bertz CT molecular complexity index is 3480. The van der Waals surface area contributed by atoms with E-state index in [-0.39, 0.29) is 100 Å².